The maximum Gasteiger partial charge on any atom is 0.271 e. The van der Waals surface area contributed by atoms with Gasteiger partial charge in [0.25, 0.3) is 11.8 Å². The van der Waals surface area contributed by atoms with Crippen molar-refractivity contribution in [3.8, 4) is 0 Å². The first-order valence-corrected chi connectivity index (χ1v) is 14.2. The van der Waals surface area contributed by atoms with Crippen LogP contribution in [0.3, 0.4) is 0 Å². The minimum Gasteiger partial charge on any atom is -0.388 e. The molecule has 0 bridgehead atoms. The number of carbonyl (C=O) groups is 2. The van der Waals surface area contributed by atoms with E-state index in [0.29, 0.717) is 5.56 Å². The highest BCUT2D eigenvalue weighted by Gasteiger charge is 2.33. The molecule has 2 amide bonds. The number of anilines is 1. The number of nitrogens with zero attached hydrogens (tertiary/aromatic N) is 2. The van der Waals surface area contributed by atoms with Gasteiger partial charge in [-0.3, -0.25) is 9.59 Å². The lowest BCUT2D eigenvalue weighted by Gasteiger charge is -2.31. The van der Waals surface area contributed by atoms with Gasteiger partial charge in [-0.25, -0.2) is 17.7 Å². The van der Waals surface area contributed by atoms with Gasteiger partial charge in [-0.2, -0.15) is 0 Å². The van der Waals surface area contributed by atoms with Crippen LogP contribution in [0.4, 0.5) is 5.13 Å². The SMILES string of the molecule is C[C@H](NC(=O)c1ccccc1)[C@@H](O)[C@H](O)[C@@H](Cc1ccccc1)NC(=O)c1csc(N(C)S(C)(=O)=O)n1. The predicted octanol–water partition coefficient (Wildman–Crippen LogP) is 1.42. The number of hydrogen-bond donors (Lipinski definition) is 4. The molecule has 0 unspecified atom stereocenters. The number of aliphatic hydroxyl groups is 2. The molecule has 2 aromatic carbocycles. The number of rotatable bonds is 11. The molecule has 0 aliphatic rings. The van der Waals surface area contributed by atoms with Gasteiger partial charge >= 0.3 is 0 Å². The van der Waals surface area contributed by atoms with Gasteiger partial charge < -0.3 is 20.8 Å². The molecule has 0 fully saturated rings. The van der Waals surface area contributed by atoms with Crippen LogP contribution in [-0.4, -0.2) is 73.0 Å². The molecule has 37 heavy (non-hydrogen) atoms. The summed E-state index contributed by atoms with van der Waals surface area (Å²) in [6.45, 7) is 1.56. The van der Waals surface area contributed by atoms with E-state index in [2.05, 4.69) is 15.6 Å². The quantitative estimate of drug-likeness (QED) is 0.284. The topological polar surface area (TPSA) is 149 Å². The fourth-order valence-corrected chi connectivity index (χ4v) is 5.06. The summed E-state index contributed by atoms with van der Waals surface area (Å²) in [4.78, 5) is 29.6. The summed E-state index contributed by atoms with van der Waals surface area (Å²) in [6.07, 6.45) is -1.65. The van der Waals surface area contributed by atoms with E-state index in [0.717, 1.165) is 27.5 Å². The van der Waals surface area contributed by atoms with Crippen molar-refractivity contribution in [1.82, 2.24) is 15.6 Å². The Morgan fingerprint density at radius 3 is 2.16 bits per heavy atom. The largest absolute Gasteiger partial charge is 0.388 e. The van der Waals surface area contributed by atoms with Gasteiger partial charge in [0.1, 0.15) is 17.9 Å². The summed E-state index contributed by atoms with van der Waals surface area (Å²) >= 11 is 0.984. The Kier molecular flexibility index (Phi) is 9.38. The fraction of sp³-hybridized carbons (Fsp3) is 0.320. The van der Waals surface area contributed by atoms with Crippen molar-refractivity contribution in [3.63, 3.8) is 0 Å². The monoisotopic (exact) mass is 546 g/mol. The van der Waals surface area contributed by atoms with Gasteiger partial charge in [0.2, 0.25) is 10.0 Å². The number of carbonyl (C=O) groups excluding carboxylic acids is 2. The van der Waals surface area contributed by atoms with Crippen molar-refractivity contribution in [2.75, 3.05) is 17.6 Å². The van der Waals surface area contributed by atoms with Gasteiger partial charge in [-0.15, -0.1) is 11.3 Å². The Bertz CT molecular complexity index is 1300. The highest BCUT2D eigenvalue weighted by Crippen LogP contribution is 2.22. The fourth-order valence-electron chi connectivity index (χ4n) is 3.52. The number of aromatic nitrogens is 1. The molecule has 3 rings (SSSR count). The number of thiazole rings is 1. The van der Waals surface area contributed by atoms with Crippen molar-refractivity contribution in [2.24, 2.45) is 0 Å². The van der Waals surface area contributed by atoms with Crippen molar-refractivity contribution < 1.29 is 28.2 Å². The van der Waals surface area contributed by atoms with Gasteiger partial charge in [0, 0.05) is 18.0 Å². The molecule has 0 saturated carbocycles. The predicted molar refractivity (Wildman–Crippen MR) is 142 cm³/mol. The molecule has 198 valence electrons. The van der Waals surface area contributed by atoms with Crippen LogP contribution in [-0.2, 0) is 16.4 Å². The Hall–Kier alpha value is -3.32. The first-order chi connectivity index (χ1) is 17.5. The van der Waals surface area contributed by atoms with E-state index in [1.54, 1.807) is 37.3 Å². The lowest BCUT2D eigenvalue weighted by molar-refractivity contribution is -0.0188. The second kappa shape index (κ2) is 12.3. The average molecular weight is 547 g/mol. The maximum atomic E-state index is 13.0. The summed E-state index contributed by atoms with van der Waals surface area (Å²) in [5, 5.41) is 28.9. The van der Waals surface area contributed by atoms with Crippen LogP contribution < -0.4 is 14.9 Å². The zero-order valence-corrected chi connectivity index (χ0v) is 22.2. The number of sulfonamides is 1. The molecule has 1 aromatic heterocycles. The summed E-state index contributed by atoms with van der Waals surface area (Å²) in [7, 11) is -2.22. The van der Waals surface area contributed by atoms with E-state index < -0.39 is 46.1 Å². The van der Waals surface area contributed by atoms with Crippen LogP contribution in [0.2, 0.25) is 0 Å². The number of nitrogens with one attached hydrogen (secondary N) is 2. The van der Waals surface area contributed by atoms with E-state index >= 15 is 0 Å². The Morgan fingerprint density at radius 1 is 0.973 bits per heavy atom. The van der Waals surface area contributed by atoms with Crippen LogP contribution in [0.5, 0.6) is 0 Å². The molecule has 0 saturated heterocycles. The molecule has 0 aliphatic heterocycles. The van der Waals surface area contributed by atoms with Gasteiger partial charge in [-0.1, -0.05) is 48.5 Å². The molecule has 3 aromatic rings. The van der Waals surface area contributed by atoms with E-state index in [9.17, 15) is 28.2 Å². The molecular weight excluding hydrogens is 516 g/mol. The van der Waals surface area contributed by atoms with Crippen LogP contribution in [0, 0.1) is 0 Å². The third kappa shape index (κ3) is 7.59. The molecule has 12 heteroatoms. The van der Waals surface area contributed by atoms with E-state index in [1.165, 1.54) is 12.4 Å². The normalized spacial score (nSPS) is 14.7. The zero-order chi connectivity index (χ0) is 27.2. The van der Waals surface area contributed by atoms with E-state index in [-0.39, 0.29) is 17.2 Å². The van der Waals surface area contributed by atoms with Crippen molar-refractivity contribution >= 4 is 38.3 Å². The van der Waals surface area contributed by atoms with Crippen LogP contribution in [0.25, 0.3) is 0 Å². The highest BCUT2D eigenvalue weighted by atomic mass is 32.2. The Morgan fingerprint density at radius 2 is 1.57 bits per heavy atom. The number of aliphatic hydroxyl groups excluding tert-OH is 2. The van der Waals surface area contributed by atoms with Crippen LogP contribution in [0.1, 0.15) is 33.3 Å². The Balaban J connectivity index is 1.76. The molecule has 0 spiro atoms. The van der Waals surface area contributed by atoms with Crippen molar-refractivity contribution in [1.29, 1.82) is 0 Å². The minimum absolute atomic E-state index is 0.0271. The van der Waals surface area contributed by atoms with Gasteiger partial charge in [-0.05, 0) is 31.0 Å². The highest BCUT2D eigenvalue weighted by molar-refractivity contribution is 7.92. The average Bonchev–Trinajstić information content (AvgIpc) is 3.38. The van der Waals surface area contributed by atoms with E-state index in [4.69, 9.17) is 0 Å². The number of hydrogen-bond acceptors (Lipinski definition) is 8. The number of benzene rings is 2. The molecule has 0 radical (unpaired) electrons. The summed E-state index contributed by atoms with van der Waals surface area (Å²) in [5.74, 6) is -1.05. The summed E-state index contributed by atoms with van der Waals surface area (Å²) in [5.41, 5.74) is 1.18. The first-order valence-electron chi connectivity index (χ1n) is 11.4. The lowest BCUT2D eigenvalue weighted by Crippen LogP contribution is -2.55. The Labute approximate surface area is 220 Å². The zero-order valence-electron chi connectivity index (χ0n) is 20.6. The standard InChI is InChI=1S/C25H30N4O6S2/c1-16(26-23(32)18-12-8-5-9-13-18)21(30)22(31)19(14-17-10-6-4-7-11-17)27-24(33)20-15-36-25(28-20)29(2)37(3,34)35/h4-13,15-16,19,21-22,30-31H,14H2,1-3H3,(H,26,32)(H,27,33)/t16-,19+,21+,22+/m0/s1. The molecular formula is C25H30N4O6S2. The van der Waals surface area contributed by atoms with Crippen LogP contribution >= 0.6 is 11.3 Å². The first kappa shape index (κ1) is 28.3. The van der Waals surface area contributed by atoms with Crippen molar-refractivity contribution in [2.45, 2.75) is 37.6 Å². The molecule has 4 atom stereocenters. The second-order valence-electron chi connectivity index (χ2n) is 8.62. The summed E-state index contributed by atoms with van der Waals surface area (Å²) < 4.78 is 24.5. The molecule has 0 aliphatic carbocycles. The second-order valence-corrected chi connectivity index (χ2v) is 11.5. The molecule has 10 nitrogen and oxygen atoms in total. The molecule has 1 heterocycles. The smallest absolute Gasteiger partial charge is 0.271 e. The lowest BCUT2D eigenvalue weighted by atomic mass is 9.94. The van der Waals surface area contributed by atoms with Gasteiger partial charge in [0.05, 0.1) is 18.3 Å². The van der Waals surface area contributed by atoms with E-state index in [1.807, 2.05) is 30.3 Å². The third-order valence-corrected chi connectivity index (χ3v) is 7.98. The minimum atomic E-state index is -3.55. The number of amides is 2. The van der Waals surface area contributed by atoms with Gasteiger partial charge in [0.15, 0.2) is 5.13 Å². The van der Waals surface area contributed by atoms with Crippen LogP contribution in [0.15, 0.2) is 66.0 Å². The maximum absolute atomic E-state index is 13.0. The third-order valence-electron chi connectivity index (χ3n) is 5.78. The summed E-state index contributed by atoms with van der Waals surface area (Å²) in [6, 6.07) is 15.8. The molecule has 4 N–H and O–H groups in total. The van der Waals surface area contributed by atoms with Crippen molar-refractivity contribution in [3.05, 3.63) is 82.9 Å².